The molecule has 0 unspecified atom stereocenters. The van der Waals surface area contributed by atoms with Crippen LogP contribution in [-0.2, 0) is 0 Å². The average Bonchev–Trinajstić information content (AvgIpc) is 3.05. The Bertz CT molecular complexity index is 681. The molecule has 0 amide bonds. The third-order valence-corrected chi connectivity index (χ3v) is 4.09. The van der Waals surface area contributed by atoms with Crippen LogP contribution in [0.15, 0.2) is 53.5 Å². The van der Waals surface area contributed by atoms with E-state index in [9.17, 15) is 5.11 Å². The Morgan fingerprint density at radius 1 is 1.04 bits per heavy atom. The first-order valence-corrected chi connectivity index (χ1v) is 8.07. The van der Waals surface area contributed by atoms with E-state index in [4.69, 9.17) is 4.74 Å². The first-order chi connectivity index (χ1) is 11.6. The molecule has 0 radical (unpaired) electrons. The molecule has 2 aromatic carbocycles. The highest BCUT2D eigenvalue weighted by Crippen LogP contribution is 2.35. The largest absolute Gasteiger partial charge is 0.508 e. The molecule has 0 aromatic heterocycles. The number of rotatable bonds is 6. The topological polar surface area (TPSA) is 57.1 Å². The van der Waals surface area contributed by atoms with Crippen LogP contribution < -0.4 is 10.1 Å². The summed E-state index contributed by atoms with van der Waals surface area (Å²) in [5.41, 5.74) is 2.23. The lowest BCUT2D eigenvalue weighted by molar-refractivity contribution is 0.261. The maximum atomic E-state index is 9.45. The van der Waals surface area contributed by atoms with Crippen LogP contribution in [0.2, 0.25) is 0 Å². The van der Waals surface area contributed by atoms with Gasteiger partial charge in [-0.1, -0.05) is 24.3 Å². The molecule has 1 heterocycles. The normalized spacial score (nSPS) is 19.5. The summed E-state index contributed by atoms with van der Waals surface area (Å²) in [7, 11) is 4.06. The van der Waals surface area contributed by atoms with E-state index in [0.717, 1.165) is 23.4 Å². The van der Waals surface area contributed by atoms with Crippen LogP contribution in [0.3, 0.4) is 0 Å². The molecule has 0 fully saturated rings. The van der Waals surface area contributed by atoms with Gasteiger partial charge in [0.05, 0.1) is 12.4 Å². The molecule has 0 saturated carbocycles. The number of hydrogen-bond acceptors (Lipinski definition) is 5. The van der Waals surface area contributed by atoms with Gasteiger partial charge < -0.3 is 20.1 Å². The molecule has 126 valence electrons. The maximum absolute atomic E-state index is 9.45. The highest BCUT2D eigenvalue weighted by molar-refractivity contribution is 5.60. The minimum absolute atomic E-state index is 0.0189. The quantitative estimate of drug-likeness (QED) is 0.857. The summed E-state index contributed by atoms with van der Waals surface area (Å²) >= 11 is 0. The van der Waals surface area contributed by atoms with Crippen LogP contribution in [0.5, 0.6) is 11.5 Å². The molecule has 1 aliphatic heterocycles. The van der Waals surface area contributed by atoms with Crippen molar-refractivity contribution in [3.05, 3.63) is 59.7 Å². The fourth-order valence-corrected chi connectivity index (χ4v) is 2.73. The van der Waals surface area contributed by atoms with Crippen molar-refractivity contribution in [2.75, 3.05) is 27.2 Å². The molecular formula is C19H23N3O2. The van der Waals surface area contributed by atoms with Crippen molar-refractivity contribution in [3.63, 3.8) is 0 Å². The van der Waals surface area contributed by atoms with Crippen LogP contribution in [0.25, 0.3) is 0 Å². The third-order valence-electron chi connectivity index (χ3n) is 4.09. The summed E-state index contributed by atoms with van der Waals surface area (Å²) < 4.78 is 5.74. The SMILES string of the molecule is CN(C)CCOc1ccc([C@H]2N=CN[C@H]2c2ccc(O)cc2)cc1. The Hall–Kier alpha value is -2.53. The number of nitrogens with one attached hydrogen (secondary N) is 1. The van der Waals surface area contributed by atoms with Gasteiger partial charge >= 0.3 is 0 Å². The van der Waals surface area contributed by atoms with Gasteiger partial charge in [-0.05, 0) is 49.5 Å². The number of phenols is 1. The molecule has 0 saturated heterocycles. The van der Waals surface area contributed by atoms with Gasteiger partial charge in [0.2, 0.25) is 0 Å². The van der Waals surface area contributed by atoms with Crippen LogP contribution in [0, 0.1) is 0 Å². The molecule has 3 rings (SSSR count). The van der Waals surface area contributed by atoms with Crippen LogP contribution >= 0.6 is 0 Å². The molecule has 0 spiro atoms. The summed E-state index contributed by atoms with van der Waals surface area (Å²) in [5.74, 6) is 1.14. The van der Waals surface area contributed by atoms with Gasteiger partial charge in [0.15, 0.2) is 0 Å². The number of ether oxygens (including phenoxy) is 1. The second-order valence-electron chi connectivity index (χ2n) is 6.18. The van der Waals surface area contributed by atoms with Gasteiger partial charge in [-0.3, -0.25) is 4.99 Å². The smallest absolute Gasteiger partial charge is 0.119 e. The summed E-state index contributed by atoms with van der Waals surface area (Å²) in [6.45, 7) is 1.56. The molecular weight excluding hydrogens is 302 g/mol. The van der Waals surface area contributed by atoms with E-state index in [1.165, 1.54) is 0 Å². The number of phenolic OH excluding ortho intramolecular Hbond substituents is 1. The standard InChI is InChI=1S/C19H23N3O2/c1-22(2)11-12-24-17-9-5-15(6-10-17)19-18(20-13-21-19)14-3-7-16(23)8-4-14/h3-10,13,18-19,23H,11-12H2,1-2H3,(H,20,21)/t18-,19+/m0/s1. The molecule has 24 heavy (non-hydrogen) atoms. The second-order valence-corrected chi connectivity index (χ2v) is 6.18. The van der Waals surface area contributed by atoms with Crippen molar-refractivity contribution in [2.24, 2.45) is 4.99 Å². The minimum atomic E-state index is 0.0189. The van der Waals surface area contributed by atoms with E-state index >= 15 is 0 Å². The van der Waals surface area contributed by atoms with Crippen LogP contribution in [-0.4, -0.2) is 43.6 Å². The van der Waals surface area contributed by atoms with Crippen molar-refractivity contribution < 1.29 is 9.84 Å². The van der Waals surface area contributed by atoms with E-state index in [2.05, 4.69) is 27.3 Å². The van der Waals surface area contributed by atoms with Crippen LogP contribution in [0.1, 0.15) is 23.2 Å². The van der Waals surface area contributed by atoms with Crippen molar-refractivity contribution in [3.8, 4) is 11.5 Å². The number of aromatic hydroxyl groups is 1. The zero-order valence-electron chi connectivity index (χ0n) is 14.0. The Kier molecular flexibility index (Phi) is 5.01. The molecule has 1 aliphatic rings. The monoisotopic (exact) mass is 325 g/mol. The van der Waals surface area contributed by atoms with Crippen molar-refractivity contribution in [2.45, 2.75) is 12.1 Å². The Morgan fingerprint density at radius 2 is 1.71 bits per heavy atom. The average molecular weight is 325 g/mol. The Balaban J connectivity index is 1.68. The van der Waals surface area contributed by atoms with E-state index in [1.54, 1.807) is 18.5 Å². The molecule has 2 aromatic rings. The zero-order valence-corrected chi connectivity index (χ0v) is 14.0. The van der Waals surface area contributed by atoms with Gasteiger partial charge in [-0.15, -0.1) is 0 Å². The lowest BCUT2D eigenvalue weighted by Gasteiger charge is -2.19. The lowest BCUT2D eigenvalue weighted by Crippen LogP contribution is -2.19. The second kappa shape index (κ2) is 7.36. The van der Waals surface area contributed by atoms with Gasteiger partial charge in [-0.25, -0.2) is 0 Å². The molecule has 2 N–H and O–H groups in total. The number of hydrogen-bond donors (Lipinski definition) is 2. The highest BCUT2D eigenvalue weighted by Gasteiger charge is 2.27. The van der Waals surface area contributed by atoms with E-state index in [-0.39, 0.29) is 17.8 Å². The van der Waals surface area contributed by atoms with Gasteiger partial charge in [0, 0.05) is 6.54 Å². The Morgan fingerprint density at radius 3 is 2.38 bits per heavy atom. The van der Waals surface area contributed by atoms with Gasteiger partial charge in [0.1, 0.15) is 24.1 Å². The fourth-order valence-electron chi connectivity index (χ4n) is 2.73. The predicted molar refractivity (Wildman–Crippen MR) is 95.7 cm³/mol. The van der Waals surface area contributed by atoms with E-state index in [0.29, 0.717) is 6.61 Å². The summed E-state index contributed by atoms with van der Waals surface area (Å²) in [6.07, 6.45) is 1.75. The number of nitrogens with zero attached hydrogens (tertiary/aromatic N) is 2. The minimum Gasteiger partial charge on any atom is -0.508 e. The number of aliphatic imine (C=N–C) groups is 1. The van der Waals surface area contributed by atoms with E-state index < -0.39 is 0 Å². The van der Waals surface area contributed by atoms with Crippen molar-refractivity contribution in [1.29, 1.82) is 0 Å². The maximum Gasteiger partial charge on any atom is 0.119 e. The molecule has 2 atom stereocenters. The van der Waals surface area contributed by atoms with Gasteiger partial charge in [0.25, 0.3) is 0 Å². The molecule has 5 nitrogen and oxygen atoms in total. The first-order valence-electron chi connectivity index (χ1n) is 8.07. The number of likely N-dealkylation sites (N-methyl/N-ethyl adjacent to an activating group) is 1. The highest BCUT2D eigenvalue weighted by atomic mass is 16.5. The summed E-state index contributed by atoms with van der Waals surface area (Å²) in [4.78, 5) is 6.65. The number of benzene rings is 2. The van der Waals surface area contributed by atoms with Gasteiger partial charge in [-0.2, -0.15) is 0 Å². The lowest BCUT2D eigenvalue weighted by atomic mass is 9.95. The summed E-state index contributed by atoms with van der Waals surface area (Å²) in [5, 5.41) is 12.7. The molecule has 0 bridgehead atoms. The van der Waals surface area contributed by atoms with Crippen molar-refractivity contribution >= 4 is 6.34 Å². The molecule has 5 heteroatoms. The first kappa shape index (κ1) is 16.3. The Labute approximate surface area is 142 Å². The fraction of sp³-hybridized carbons (Fsp3) is 0.316. The van der Waals surface area contributed by atoms with Crippen LogP contribution in [0.4, 0.5) is 0 Å². The predicted octanol–water partition coefficient (Wildman–Crippen LogP) is 2.75. The summed E-state index contributed by atoms with van der Waals surface area (Å²) in [6, 6.07) is 15.5. The van der Waals surface area contributed by atoms with E-state index in [1.807, 2.05) is 38.4 Å². The molecule has 0 aliphatic carbocycles. The van der Waals surface area contributed by atoms with Crippen molar-refractivity contribution in [1.82, 2.24) is 10.2 Å². The zero-order chi connectivity index (χ0) is 16.9. The third kappa shape index (κ3) is 3.86.